The molecule has 1 aliphatic carbocycles. The van der Waals surface area contributed by atoms with E-state index in [-0.39, 0.29) is 48.7 Å². The van der Waals surface area contributed by atoms with Crippen LogP contribution in [0.3, 0.4) is 0 Å². The maximum atomic E-state index is 13.1. The fourth-order valence-electron chi connectivity index (χ4n) is 2.60. The van der Waals surface area contributed by atoms with E-state index in [9.17, 15) is 8.78 Å². The quantitative estimate of drug-likeness (QED) is 0.402. The number of aliphatic imine (C=N–C) groups is 1. The second kappa shape index (κ2) is 9.24. The highest BCUT2D eigenvalue weighted by molar-refractivity contribution is 14.0. The van der Waals surface area contributed by atoms with E-state index in [0.29, 0.717) is 36.6 Å². The number of nitrogens with zero attached hydrogens (tertiary/aromatic N) is 1. The summed E-state index contributed by atoms with van der Waals surface area (Å²) in [5.41, 5.74) is 6.53. The highest BCUT2D eigenvalue weighted by atomic mass is 127. The minimum Gasteiger partial charge on any atom is -0.497 e. The van der Waals surface area contributed by atoms with E-state index in [0.717, 1.165) is 0 Å². The zero-order valence-electron chi connectivity index (χ0n) is 13.9. The molecule has 1 aromatic rings. The van der Waals surface area contributed by atoms with E-state index >= 15 is 0 Å². The van der Waals surface area contributed by atoms with Crippen LogP contribution < -0.4 is 20.5 Å². The van der Waals surface area contributed by atoms with Crippen LogP contribution in [0, 0.1) is 5.92 Å². The lowest BCUT2D eigenvalue weighted by molar-refractivity contribution is -0.0446. The second-order valence-electron chi connectivity index (χ2n) is 5.72. The zero-order chi connectivity index (χ0) is 16.9. The van der Waals surface area contributed by atoms with Gasteiger partial charge >= 0.3 is 0 Å². The normalized spacial score (nSPS) is 17.8. The molecule has 8 heteroatoms. The average molecular weight is 455 g/mol. The van der Waals surface area contributed by atoms with Crippen molar-refractivity contribution in [3.05, 3.63) is 18.2 Å². The van der Waals surface area contributed by atoms with Gasteiger partial charge in [0.25, 0.3) is 0 Å². The van der Waals surface area contributed by atoms with Gasteiger partial charge in [-0.15, -0.1) is 24.0 Å². The molecular formula is C16H24F2IN3O2. The van der Waals surface area contributed by atoms with E-state index in [1.54, 1.807) is 32.4 Å². The smallest absolute Gasteiger partial charge is 0.248 e. The van der Waals surface area contributed by atoms with Crippen molar-refractivity contribution in [1.29, 1.82) is 0 Å². The number of guanidine groups is 1. The molecule has 0 atom stereocenters. The van der Waals surface area contributed by atoms with E-state index in [1.165, 1.54) is 0 Å². The Hall–Kier alpha value is -1.32. The number of alkyl halides is 2. The molecule has 0 aliphatic heterocycles. The molecule has 0 radical (unpaired) electrons. The summed E-state index contributed by atoms with van der Waals surface area (Å²) in [4.78, 5) is 4.26. The van der Waals surface area contributed by atoms with E-state index < -0.39 is 5.92 Å². The van der Waals surface area contributed by atoms with Crippen LogP contribution in [0.15, 0.2) is 23.2 Å². The molecule has 1 fully saturated rings. The molecule has 0 amide bonds. The molecule has 136 valence electrons. The van der Waals surface area contributed by atoms with Gasteiger partial charge in [0.1, 0.15) is 11.5 Å². The van der Waals surface area contributed by atoms with Gasteiger partial charge in [-0.25, -0.2) is 8.78 Å². The monoisotopic (exact) mass is 455 g/mol. The predicted molar refractivity (Wildman–Crippen MR) is 102 cm³/mol. The fraction of sp³-hybridized carbons (Fsp3) is 0.562. The van der Waals surface area contributed by atoms with Gasteiger partial charge in [0.15, 0.2) is 5.96 Å². The Balaban J connectivity index is 0.00000288. The van der Waals surface area contributed by atoms with Gasteiger partial charge in [-0.2, -0.15) is 0 Å². The number of hydrogen-bond donors (Lipinski definition) is 2. The molecule has 0 bridgehead atoms. The van der Waals surface area contributed by atoms with Gasteiger partial charge in [-0.1, -0.05) is 0 Å². The number of benzene rings is 1. The van der Waals surface area contributed by atoms with Crippen molar-refractivity contribution >= 4 is 35.6 Å². The standard InChI is InChI=1S/C16H23F2N3O2.HI/c1-22-12-3-4-14(23-2)13(9-12)21-15(19)20-10-11-5-7-16(17,18)8-6-11;/h3-4,9,11H,5-8,10H2,1-2H3,(H3,19,20,21);1H. The summed E-state index contributed by atoms with van der Waals surface area (Å²) in [7, 11) is 3.13. The molecule has 0 unspecified atom stereocenters. The third-order valence-electron chi connectivity index (χ3n) is 4.03. The highest BCUT2D eigenvalue weighted by Gasteiger charge is 2.34. The minimum absolute atomic E-state index is 0. The average Bonchev–Trinajstić information content (AvgIpc) is 2.53. The Kier molecular flexibility index (Phi) is 7.98. The summed E-state index contributed by atoms with van der Waals surface area (Å²) in [6.45, 7) is 0.446. The Labute approximate surface area is 158 Å². The molecule has 1 aliphatic rings. The van der Waals surface area contributed by atoms with Crippen LogP contribution in [-0.4, -0.2) is 32.6 Å². The molecular weight excluding hydrogens is 431 g/mol. The van der Waals surface area contributed by atoms with Crippen molar-refractivity contribution in [3.8, 4) is 11.5 Å². The largest absolute Gasteiger partial charge is 0.497 e. The number of halogens is 3. The number of hydrogen-bond acceptors (Lipinski definition) is 3. The maximum Gasteiger partial charge on any atom is 0.248 e. The SMILES string of the molecule is COc1ccc(OC)c(NC(N)=NCC2CCC(F)(F)CC2)c1.I. The minimum atomic E-state index is -2.52. The fourth-order valence-corrected chi connectivity index (χ4v) is 2.60. The Morgan fingerprint density at radius 3 is 2.54 bits per heavy atom. The first-order chi connectivity index (χ1) is 10.9. The lowest BCUT2D eigenvalue weighted by atomic mass is 9.87. The van der Waals surface area contributed by atoms with Crippen molar-refractivity contribution in [2.45, 2.75) is 31.6 Å². The van der Waals surface area contributed by atoms with Crippen LogP contribution in [0.2, 0.25) is 0 Å². The van der Waals surface area contributed by atoms with Crippen molar-refractivity contribution in [1.82, 2.24) is 0 Å². The third kappa shape index (κ3) is 5.95. The molecule has 0 heterocycles. The van der Waals surface area contributed by atoms with Crippen molar-refractivity contribution < 1.29 is 18.3 Å². The molecule has 24 heavy (non-hydrogen) atoms. The zero-order valence-corrected chi connectivity index (χ0v) is 16.2. The van der Waals surface area contributed by atoms with E-state index in [4.69, 9.17) is 15.2 Å². The van der Waals surface area contributed by atoms with Gasteiger partial charge in [-0.3, -0.25) is 4.99 Å². The summed E-state index contributed by atoms with van der Waals surface area (Å²) in [5, 5.41) is 2.97. The van der Waals surface area contributed by atoms with Gasteiger partial charge in [0.05, 0.1) is 19.9 Å². The number of rotatable bonds is 5. The number of ether oxygens (including phenoxy) is 2. The van der Waals surface area contributed by atoms with Crippen LogP contribution in [0.4, 0.5) is 14.5 Å². The first kappa shape index (κ1) is 20.7. The maximum absolute atomic E-state index is 13.1. The first-order valence-electron chi connectivity index (χ1n) is 7.60. The second-order valence-corrected chi connectivity index (χ2v) is 5.72. The van der Waals surface area contributed by atoms with Gasteiger partial charge in [-0.05, 0) is 30.9 Å². The summed E-state index contributed by atoms with van der Waals surface area (Å²) < 4.78 is 36.7. The molecule has 0 saturated heterocycles. The number of methoxy groups -OCH3 is 2. The summed E-state index contributed by atoms with van der Waals surface area (Å²) in [5.74, 6) is -0.856. The highest BCUT2D eigenvalue weighted by Crippen LogP contribution is 2.36. The Morgan fingerprint density at radius 2 is 1.96 bits per heavy atom. The first-order valence-corrected chi connectivity index (χ1v) is 7.60. The van der Waals surface area contributed by atoms with Gasteiger partial charge in [0, 0.05) is 25.5 Å². The Morgan fingerprint density at radius 1 is 1.29 bits per heavy atom. The third-order valence-corrected chi connectivity index (χ3v) is 4.03. The predicted octanol–water partition coefficient (Wildman–Crippen LogP) is 3.87. The van der Waals surface area contributed by atoms with Crippen molar-refractivity contribution in [2.75, 3.05) is 26.1 Å². The molecule has 0 aromatic heterocycles. The van der Waals surface area contributed by atoms with E-state index in [1.807, 2.05) is 0 Å². The van der Waals surface area contributed by atoms with Crippen LogP contribution in [0.25, 0.3) is 0 Å². The molecule has 1 aromatic carbocycles. The van der Waals surface area contributed by atoms with Crippen molar-refractivity contribution in [2.24, 2.45) is 16.6 Å². The summed E-state index contributed by atoms with van der Waals surface area (Å²) in [6, 6.07) is 5.29. The number of anilines is 1. The van der Waals surface area contributed by atoms with Crippen molar-refractivity contribution in [3.63, 3.8) is 0 Å². The van der Waals surface area contributed by atoms with Crippen LogP contribution >= 0.6 is 24.0 Å². The number of nitrogens with one attached hydrogen (secondary N) is 1. The summed E-state index contributed by atoms with van der Waals surface area (Å²) in [6.07, 6.45) is 0.826. The molecule has 0 spiro atoms. The topological polar surface area (TPSA) is 68.9 Å². The van der Waals surface area contributed by atoms with Crippen LogP contribution in [0.1, 0.15) is 25.7 Å². The lowest BCUT2D eigenvalue weighted by Gasteiger charge is -2.27. The van der Waals surface area contributed by atoms with E-state index in [2.05, 4.69) is 10.3 Å². The lowest BCUT2D eigenvalue weighted by Crippen LogP contribution is -2.28. The molecule has 2 rings (SSSR count). The molecule has 1 saturated carbocycles. The summed E-state index contributed by atoms with van der Waals surface area (Å²) >= 11 is 0. The Bertz CT molecular complexity index is 560. The molecule has 5 nitrogen and oxygen atoms in total. The number of nitrogens with two attached hydrogens (primary N) is 1. The molecule has 3 N–H and O–H groups in total. The van der Waals surface area contributed by atoms with Gasteiger partial charge in [0.2, 0.25) is 5.92 Å². The van der Waals surface area contributed by atoms with Crippen LogP contribution in [-0.2, 0) is 0 Å². The van der Waals surface area contributed by atoms with Crippen LogP contribution in [0.5, 0.6) is 11.5 Å². The van der Waals surface area contributed by atoms with Gasteiger partial charge < -0.3 is 20.5 Å².